The lowest BCUT2D eigenvalue weighted by Crippen LogP contribution is -2.21. The van der Waals surface area contributed by atoms with Gasteiger partial charge in [0.25, 0.3) is 0 Å². The molecule has 0 saturated carbocycles. The Morgan fingerprint density at radius 3 is 2.76 bits per heavy atom. The molecule has 0 bridgehead atoms. The first kappa shape index (κ1) is 8.82. The van der Waals surface area contributed by atoms with E-state index in [0.717, 1.165) is 5.69 Å². The van der Waals surface area contributed by atoms with E-state index < -0.39 is 0 Å². The molecule has 2 N–H and O–H groups in total. The van der Waals surface area contributed by atoms with Crippen LogP contribution in [0.1, 0.15) is 0 Å². The molecule has 4 rings (SSSR count). The molecular formula is C14H11N3. The summed E-state index contributed by atoms with van der Waals surface area (Å²) in [6.45, 7) is 0.682. The third kappa shape index (κ3) is 1.03. The number of fused-ring (bicyclic) bond motifs is 3. The number of aromatic nitrogens is 1. The fourth-order valence-corrected chi connectivity index (χ4v) is 2.70. The number of hydrogen-bond donors (Lipinski definition) is 1. The highest BCUT2D eigenvalue weighted by Gasteiger charge is 2.17. The van der Waals surface area contributed by atoms with Crippen LogP contribution >= 0.6 is 0 Å². The van der Waals surface area contributed by atoms with Crippen molar-refractivity contribution in [3.05, 3.63) is 42.5 Å². The maximum atomic E-state index is 5.90. The van der Waals surface area contributed by atoms with Crippen molar-refractivity contribution in [3.8, 4) is 0 Å². The number of hydrogen-bond acceptors (Lipinski definition) is 2. The molecule has 1 aliphatic rings. The number of benzene rings is 2. The van der Waals surface area contributed by atoms with Crippen LogP contribution in [0.25, 0.3) is 21.8 Å². The zero-order chi connectivity index (χ0) is 11.4. The van der Waals surface area contributed by atoms with Gasteiger partial charge >= 0.3 is 0 Å². The maximum Gasteiger partial charge on any atom is 0.120 e. The van der Waals surface area contributed by atoms with Gasteiger partial charge in [0.05, 0.1) is 17.7 Å². The standard InChI is InChI=1S/C14H11N3/c15-13-8-17-12-7-2-1-4-9(12)10-5-3-6-11(16-13)14(10)17/h1-7H,8H2,(H2,15,16). The second kappa shape index (κ2) is 2.88. The van der Waals surface area contributed by atoms with Gasteiger partial charge in [-0.15, -0.1) is 0 Å². The SMILES string of the molecule is NC1=Nc2cccc3c4ccccc4n(c23)C1. The van der Waals surface area contributed by atoms with Crippen LogP contribution in [0.3, 0.4) is 0 Å². The second-order valence-electron chi connectivity index (χ2n) is 4.38. The first-order valence-electron chi connectivity index (χ1n) is 5.67. The Kier molecular flexibility index (Phi) is 1.50. The second-order valence-corrected chi connectivity index (χ2v) is 4.38. The van der Waals surface area contributed by atoms with E-state index in [2.05, 4.69) is 39.9 Å². The molecule has 1 aromatic heterocycles. The van der Waals surface area contributed by atoms with Crippen molar-refractivity contribution in [3.63, 3.8) is 0 Å². The van der Waals surface area contributed by atoms with Gasteiger partial charge in [0.1, 0.15) is 5.84 Å². The van der Waals surface area contributed by atoms with Gasteiger partial charge in [-0.3, -0.25) is 0 Å². The average Bonchev–Trinajstić information content (AvgIpc) is 2.67. The van der Waals surface area contributed by atoms with Gasteiger partial charge < -0.3 is 10.3 Å². The number of aliphatic imine (C=N–C) groups is 1. The summed E-state index contributed by atoms with van der Waals surface area (Å²) < 4.78 is 2.25. The van der Waals surface area contributed by atoms with Crippen LogP contribution in [0.4, 0.5) is 5.69 Å². The van der Waals surface area contributed by atoms with Crippen molar-refractivity contribution in [2.75, 3.05) is 0 Å². The van der Waals surface area contributed by atoms with Crippen molar-refractivity contribution in [1.29, 1.82) is 0 Å². The highest BCUT2D eigenvalue weighted by Crippen LogP contribution is 2.36. The Morgan fingerprint density at radius 1 is 1.00 bits per heavy atom. The zero-order valence-electron chi connectivity index (χ0n) is 9.22. The summed E-state index contributed by atoms with van der Waals surface area (Å²) >= 11 is 0. The van der Waals surface area contributed by atoms with Gasteiger partial charge in [0.15, 0.2) is 0 Å². The fraction of sp³-hybridized carbons (Fsp3) is 0.0714. The fourth-order valence-electron chi connectivity index (χ4n) is 2.70. The summed E-state index contributed by atoms with van der Waals surface area (Å²) in [5.74, 6) is 0.673. The molecule has 3 nitrogen and oxygen atoms in total. The molecule has 0 fully saturated rings. The normalized spacial score (nSPS) is 14.2. The maximum absolute atomic E-state index is 5.90. The number of rotatable bonds is 0. The summed E-state index contributed by atoms with van der Waals surface area (Å²) in [6.07, 6.45) is 0. The summed E-state index contributed by atoms with van der Waals surface area (Å²) in [4.78, 5) is 4.43. The van der Waals surface area contributed by atoms with Crippen LogP contribution in [-0.4, -0.2) is 10.4 Å². The zero-order valence-corrected chi connectivity index (χ0v) is 9.22. The summed E-state index contributed by atoms with van der Waals surface area (Å²) in [5.41, 5.74) is 9.31. The molecule has 0 amide bonds. The van der Waals surface area contributed by atoms with Crippen LogP contribution in [0.2, 0.25) is 0 Å². The molecular weight excluding hydrogens is 210 g/mol. The molecule has 0 unspecified atom stereocenters. The number of nitrogens with zero attached hydrogens (tertiary/aromatic N) is 2. The van der Waals surface area contributed by atoms with Crippen LogP contribution in [0.5, 0.6) is 0 Å². The molecule has 17 heavy (non-hydrogen) atoms. The van der Waals surface area contributed by atoms with Crippen molar-refractivity contribution in [2.24, 2.45) is 10.7 Å². The van der Waals surface area contributed by atoms with E-state index in [1.54, 1.807) is 0 Å². The Balaban J connectivity index is 2.33. The average molecular weight is 221 g/mol. The quantitative estimate of drug-likeness (QED) is 0.623. The summed E-state index contributed by atoms with van der Waals surface area (Å²) in [7, 11) is 0. The van der Waals surface area contributed by atoms with Gasteiger partial charge in [-0.2, -0.15) is 0 Å². The van der Waals surface area contributed by atoms with Crippen LogP contribution in [-0.2, 0) is 6.54 Å². The summed E-state index contributed by atoms with van der Waals surface area (Å²) in [5, 5.41) is 2.53. The smallest absolute Gasteiger partial charge is 0.120 e. The Morgan fingerprint density at radius 2 is 1.82 bits per heavy atom. The minimum atomic E-state index is 0.673. The van der Waals surface area contributed by atoms with Gasteiger partial charge in [-0.25, -0.2) is 4.99 Å². The van der Waals surface area contributed by atoms with E-state index in [1.165, 1.54) is 21.8 Å². The van der Waals surface area contributed by atoms with Crippen LogP contribution in [0, 0.1) is 0 Å². The highest BCUT2D eigenvalue weighted by molar-refractivity contribution is 6.13. The first-order chi connectivity index (χ1) is 8.34. The van der Waals surface area contributed by atoms with E-state index >= 15 is 0 Å². The number of nitrogens with two attached hydrogens (primary N) is 1. The first-order valence-corrected chi connectivity index (χ1v) is 5.67. The van der Waals surface area contributed by atoms with E-state index in [1.807, 2.05) is 12.1 Å². The topological polar surface area (TPSA) is 43.3 Å². The molecule has 2 heterocycles. The molecule has 3 heteroatoms. The minimum Gasteiger partial charge on any atom is -0.386 e. The highest BCUT2D eigenvalue weighted by atomic mass is 15.1. The largest absolute Gasteiger partial charge is 0.386 e. The van der Waals surface area contributed by atoms with Crippen LogP contribution < -0.4 is 5.73 Å². The lowest BCUT2D eigenvalue weighted by Gasteiger charge is -2.13. The van der Waals surface area contributed by atoms with Crippen molar-refractivity contribution >= 4 is 33.3 Å². The van der Waals surface area contributed by atoms with Crippen molar-refractivity contribution in [1.82, 2.24) is 4.57 Å². The predicted octanol–water partition coefficient (Wildman–Crippen LogP) is 2.80. The van der Waals surface area contributed by atoms with E-state index in [0.29, 0.717) is 12.4 Å². The number of para-hydroxylation sites is 2. The molecule has 1 aliphatic heterocycles. The third-order valence-electron chi connectivity index (χ3n) is 3.35. The Labute approximate surface area is 98.2 Å². The minimum absolute atomic E-state index is 0.673. The Hall–Kier alpha value is -2.29. The van der Waals surface area contributed by atoms with Crippen molar-refractivity contribution in [2.45, 2.75) is 6.54 Å². The van der Waals surface area contributed by atoms with Crippen molar-refractivity contribution < 1.29 is 0 Å². The van der Waals surface area contributed by atoms with E-state index in [9.17, 15) is 0 Å². The van der Waals surface area contributed by atoms with Gasteiger partial charge in [-0.05, 0) is 12.1 Å². The molecule has 0 radical (unpaired) electrons. The molecule has 0 atom stereocenters. The lowest BCUT2D eigenvalue weighted by atomic mass is 10.1. The summed E-state index contributed by atoms with van der Waals surface area (Å²) in [6, 6.07) is 14.6. The molecule has 0 aliphatic carbocycles. The Bertz CT molecular complexity index is 781. The predicted molar refractivity (Wildman–Crippen MR) is 70.7 cm³/mol. The van der Waals surface area contributed by atoms with E-state index in [-0.39, 0.29) is 0 Å². The monoisotopic (exact) mass is 221 g/mol. The van der Waals surface area contributed by atoms with Gasteiger partial charge in [-0.1, -0.05) is 30.3 Å². The molecule has 3 aromatic rings. The number of amidine groups is 1. The molecule has 82 valence electrons. The molecule has 0 saturated heterocycles. The van der Waals surface area contributed by atoms with E-state index in [4.69, 9.17) is 5.73 Å². The van der Waals surface area contributed by atoms with Gasteiger partial charge in [0.2, 0.25) is 0 Å². The van der Waals surface area contributed by atoms with Gasteiger partial charge in [0, 0.05) is 16.3 Å². The third-order valence-corrected chi connectivity index (χ3v) is 3.35. The molecule has 0 spiro atoms. The lowest BCUT2D eigenvalue weighted by molar-refractivity contribution is 0.912. The molecule has 2 aromatic carbocycles. The van der Waals surface area contributed by atoms with Crippen LogP contribution in [0.15, 0.2) is 47.5 Å².